The third-order valence-corrected chi connectivity index (χ3v) is 5.90. The van der Waals surface area contributed by atoms with Crippen LogP contribution in [0.5, 0.6) is 0 Å². The van der Waals surface area contributed by atoms with Gasteiger partial charge in [-0.25, -0.2) is 5.01 Å². The molecule has 0 saturated carbocycles. The predicted molar refractivity (Wildman–Crippen MR) is 102 cm³/mol. The molecule has 0 bridgehead atoms. The lowest BCUT2D eigenvalue weighted by Crippen LogP contribution is -2.26. The summed E-state index contributed by atoms with van der Waals surface area (Å²) in [5.74, 6) is -0.192. The van der Waals surface area contributed by atoms with Gasteiger partial charge in [0.15, 0.2) is 0 Å². The van der Waals surface area contributed by atoms with Gasteiger partial charge in [-0.2, -0.15) is 5.10 Å². The molecule has 8 heteroatoms. The van der Waals surface area contributed by atoms with E-state index in [1.807, 2.05) is 29.0 Å². The molecule has 4 rings (SSSR count). The summed E-state index contributed by atoms with van der Waals surface area (Å²) in [6.07, 6.45) is 0.527. The average molecular weight is 383 g/mol. The maximum atomic E-state index is 12.9. The number of nitro benzene ring substituents is 1. The van der Waals surface area contributed by atoms with E-state index in [0.717, 1.165) is 10.6 Å². The molecular formula is C18H13N3O3S2. The van der Waals surface area contributed by atoms with Crippen molar-refractivity contribution in [2.75, 3.05) is 0 Å². The smallest absolute Gasteiger partial charge is 0.266 e. The van der Waals surface area contributed by atoms with E-state index in [1.54, 1.807) is 29.5 Å². The van der Waals surface area contributed by atoms with Gasteiger partial charge in [0, 0.05) is 18.6 Å². The van der Waals surface area contributed by atoms with Gasteiger partial charge in [0.2, 0.25) is 0 Å². The highest BCUT2D eigenvalue weighted by atomic mass is 32.1. The zero-order valence-electron chi connectivity index (χ0n) is 13.4. The van der Waals surface area contributed by atoms with Gasteiger partial charge in [0.05, 0.1) is 26.4 Å². The molecule has 3 heterocycles. The lowest BCUT2D eigenvalue weighted by Gasteiger charge is -2.21. The largest absolute Gasteiger partial charge is 0.284 e. The van der Waals surface area contributed by atoms with Gasteiger partial charge in [-0.05, 0) is 28.5 Å². The average Bonchev–Trinajstić information content (AvgIpc) is 3.42. The first-order valence-electron chi connectivity index (χ1n) is 7.86. The molecule has 0 saturated heterocycles. The quantitative estimate of drug-likeness (QED) is 0.484. The van der Waals surface area contributed by atoms with Crippen LogP contribution in [0.15, 0.2) is 64.4 Å². The molecule has 0 spiro atoms. The number of carbonyl (C=O) groups is 1. The number of nitro groups is 1. The fourth-order valence-corrected chi connectivity index (χ4v) is 4.28. The molecule has 1 aliphatic rings. The van der Waals surface area contributed by atoms with E-state index in [9.17, 15) is 14.9 Å². The second-order valence-corrected chi connectivity index (χ2v) is 7.62. The molecule has 130 valence electrons. The number of hydrogen-bond acceptors (Lipinski definition) is 6. The minimum absolute atomic E-state index is 0.00981. The third kappa shape index (κ3) is 3.04. The number of thiophene rings is 2. The molecule has 1 atom stereocenters. The first kappa shape index (κ1) is 16.6. The summed E-state index contributed by atoms with van der Waals surface area (Å²) in [6, 6.07) is 13.5. The number of rotatable bonds is 4. The fourth-order valence-electron chi connectivity index (χ4n) is 2.91. The monoisotopic (exact) mass is 383 g/mol. The molecule has 0 N–H and O–H groups in total. The van der Waals surface area contributed by atoms with Gasteiger partial charge in [-0.1, -0.05) is 24.3 Å². The van der Waals surface area contributed by atoms with Crippen molar-refractivity contribution < 1.29 is 9.72 Å². The number of nitrogens with zero attached hydrogens (tertiary/aromatic N) is 3. The number of amides is 1. The van der Waals surface area contributed by atoms with Crippen LogP contribution in [0.2, 0.25) is 0 Å². The number of non-ortho nitro benzene ring substituents is 1. The lowest BCUT2D eigenvalue weighted by atomic mass is 10.0. The van der Waals surface area contributed by atoms with E-state index in [4.69, 9.17) is 0 Å². The number of carbonyl (C=O) groups excluding carboxylic acids is 1. The van der Waals surface area contributed by atoms with Gasteiger partial charge >= 0.3 is 0 Å². The third-order valence-electron chi connectivity index (χ3n) is 4.12. The molecule has 26 heavy (non-hydrogen) atoms. The van der Waals surface area contributed by atoms with E-state index in [-0.39, 0.29) is 17.6 Å². The van der Waals surface area contributed by atoms with Crippen molar-refractivity contribution in [1.29, 1.82) is 0 Å². The summed E-state index contributed by atoms with van der Waals surface area (Å²) in [6.45, 7) is 0. The fraction of sp³-hybridized carbons (Fsp3) is 0.111. The van der Waals surface area contributed by atoms with Crippen molar-refractivity contribution in [1.82, 2.24) is 5.01 Å². The molecule has 0 radical (unpaired) electrons. The molecule has 3 aromatic rings. The Labute approximate surface area is 157 Å². The SMILES string of the molecule is O=C(c1cccs1)N1N=C(c2cccs2)C[C@@H]1c1cccc([N+](=O)[O-])c1. The Morgan fingerprint density at radius 2 is 1.96 bits per heavy atom. The highest BCUT2D eigenvalue weighted by Crippen LogP contribution is 2.36. The van der Waals surface area contributed by atoms with Crippen molar-refractivity contribution in [3.8, 4) is 0 Å². The van der Waals surface area contributed by atoms with Gasteiger partial charge in [-0.15, -0.1) is 22.7 Å². The molecule has 2 aromatic heterocycles. The van der Waals surface area contributed by atoms with E-state index in [0.29, 0.717) is 16.9 Å². The Hall–Kier alpha value is -2.84. The number of benzene rings is 1. The van der Waals surface area contributed by atoms with E-state index >= 15 is 0 Å². The van der Waals surface area contributed by atoms with Crippen LogP contribution in [0.25, 0.3) is 0 Å². The zero-order chi connectivity index (χ0) is 18.1. The van der Waals surface area contributed by atoms with E-state index < -0.39 is 4.92 Å². The molecule has 1 amide bonds. The Balaban J connectivity index is 1.74. The first-order valence-corrected chi connectivity index (χ1v) is 9.62. The lowest BCUT2D eigenvalue weighted by molar-refractivity contribution is -0.384. The molecule has 1 aliphatic heterocycles. The topological polar surface area (TPSA) is 75.8 Å². The molecule has 6 nitrogen and oxygen atoms in total. The van der Waals surface area contributed by atoms with Crippen LogP contribution >= 0.6 is 22.7 Å². The van der Waals surface area contributed by atoms with Crippen molar-refractivity contribution >= 4 is 40.0 Å². The molecular weight excluding hydrogens is 370 g/mol. The van der Waals surface area contributed by atoms with Crippen LogP contribution in [0, 0.1) is 10.1 Å². The van der Waals surface area contributed by atoms with Crippen LogP contribution < -0.4 is 0 Å². The summed E-state index contributed by atoms with van der Waals surface area (Å²) in [5, 5.41) is 21.0. The van der Waals surface area contributed by atoms with Crippen LogP contribution in [0.1, 0.15) is 32.6 Å². The second-order valence-electron chi connectivity index (χ2n) is 5.72. The normalized spacial score (nSPS) is 16.5. The van der Waals surface area contributed by atoms with Crippen LogP contribution in [-0.2, 0) is 0 Å². The number of hydrogen-bond donors (Lipinski definition) is 0. The highest BCUT2D eigenvalue weighted by molar-refractivity contribution is 7.12. The van der Waals surface area contributed by atoms with Crippen molar-refractivity contribution in [3.05, 3.63) is 84.7 Å². The Kier molecular flexibility index (Phi) is 4.36. The second kappa shape index (κ2) is 6.81. The molecule has 0 fully saturated rings. The maximum Gasteiger partial charge on any atom is 0.284 e. The van der Waals surface area contributed by atoms with Crippen molar-refractivity contribution in [3.63, 3.8) is 0 Å². The maximum absolute atomic E-state index is 12.9. The van der Waals surface area contributed by atoms with E-state index in [1.165, 1.54) is 28.5 Å². The minimum Gasteiger partial charge on any atom is -0.266 e. The Morgan fingerprint density at radius 1 is 1.15 bits per heavy atom. The standard InChI is InChI=1S/C18H13N3O3S2/c22-18(17-7-3-9-26-17)20-15(11-14(19-20)16-6-2-8-25-16)12-4-1-5-13(10-12)21(23)24/h1-10,15H,11H2/t15-/m1/s1. The van der Waals surface area contributed by atoms with Gasteiger partial charge in [0.1, 0.15) is 0 Å². The summed E-state index contributed by atoms with van der Waals surface area (Å²) in [7, 11) is 0. The molecule has 0 unspecified atom stereocenters. The van der Waals surface area contributed by atoms with Crippen LogP contribution in [0.3, 0.4) is 0 Å². The molecule has 0 aliphatic carbocycles. The van der Waals surface area contributed by atoms with Crippen molar-refractivity contribution in [2.24, 2.45) is 5.10 Å². The predicted octanol–water partition coefficient (Wildman–Crippen LogP) is 4.71. The van der Waals surface area contributed by atoms with Gasteiger partial charge in [-0.3, -0.25) is 14.9 Å². The minimum atomic E-state index is -0.426. The Morgan fingerprint density at radius 3 is 2.65 bits per heavy atom. The first-order chi connectivity index (χ1) is 12.6. The van der Waals surface area contributed by atoms with Gasteiger partial charge in [0.25, 0.3) is 11.6 Å². The highest BCUT2D eigenvalue weighted by Gasteiger charge is 2.34. The zero-order valence-corrected chi connectivity index (χ0v) is 15.1. The summed E-state index contributed by atoms with van der Waals surface area (Å²) >= 11 is 2.92. The number of hydrazone groups is 1. The van der Waals surface area contributed by atoms with Crippen LogP contribution in [-0.4, -0.2) is 21.6 Å². The Bertz CT molecular complexity index is 981. The summed E-state index contributed by atoms with van der Waals surface area (Å²) in [5.41, 5.74) is 1.54. The summed E-state index contributed by atoms with van der Waals surface area (Å²) < 4.78 is 0. The summed E-state index contributed by atoms with van der Waals surface area (Å²) in [4.78, 5) is 25.2. The van der Waals surface area contributed by atoms with Crippen molar-refractivity contribution in [2.45, 2.75) is 12.5 Å². The molecule has 1 aromatic carbocycles. The van der Waals surface area contributed by atoms with Gasteiger partial charge < -0.3 is 0 Å². The van der Waals surface area contributed by atoms with Crippen LogP contribution in [0.4, 0.5) is 5.69 Å². The van der Waals surface area contributed by atoms with E-state index in [2.05, 4.69) is 5.10 Å².